The van der Waals surface area contributed by atoms with Crippen molar-refractivity contribution in [1.82, 2.24) is 5.43 Å². The smallest absolute Gasteiger partial charge is 0.191 e. The van der Waals surface area contributed by atoms with Gasteiger partial charge in [0.15, 0.2) is 5.11 Å². The van der Waals surface area contributed by atoms with Gasteiger partial charge in [0.05, 0.1) is 6.21 Å². The number of aryl methyl sites for hydroxylation is 2. The molecule has 0 aromatic heterocycles. The summed E-state index contributed by atoms with van der Waals surface area (Å²) in [7, 11) is 0. The van der Waals surface area contributed by atoms with Gasteiger partial charge in [-0.1, -0.05) is 51.8 Å². The van der Waals surface area contributed by atoms with Gasteiger partial charge in [0.1, 0.15) is 0 Å². The van der Waals surface area contributed by atoms with E-state index in [4.69, 9.17) is 12.2 Å². The minimum atomic E-state index is 0.463. The molecule has 0 saturated carbocycles. The number of nitrogens with zero attached hydrogens (tertiary/aromatic N) is 1. The number of hydrazone groups is 1. The van der Waals surface area contributed by atoms with Crippen LogP contribution in [0.15, 0.2) is 52.0 Å². The van der Waals surface area contributed by atoms with Crippen molar-refractivity contribution in [2.75, 3.05) is 5.32 Å². The fraction of sp³-hybridized carbons (Fsp3) is 0.125. The van der Waals surface area contributed by atoms with Crippen molar-refractivity contribution in [2.45, 2.75) is 13.8 Å². The van der Waals surface area contributed by atoms with Crippen molar-refractivity contribution >= 4 is 45.2 Å². The molecule has 21 heavy (non-hydrogen) atoms. The molecule has 0 aliphatic carbocycles. The van der Waals surface area contributed by atoms with Gasteiger partial charge in [-0.05, 0) is 43.8 Å². The van der Waals surface area contributed by atoms with Gasteiger partial charge in [-0.15, -0.1) is 0 Å². The Morgan fingerprint density at radius 3 is 2.67 bits per heavy atom. The number of anilines is 1. The Kier molecular flexibility index (Phi) is 5.47. The highest BCUT2D eigenvalue weighted by Gasteiger charge is 2.00. The molecule has 5 heteroatoms. The Hall–Kier alpha value is -1.72. The van der Waals surface area contributed by atoms with E-state index in [1.165, 1.54) is 5.56 Å². The Bertz CT molecular complexity index is 683. The molecule has 0 bridgehead atoms. The van der Waals surface area contributed by atoms with Crippen LogP contribution in [0.4, 0.5) is 5.69 Å². The molecule has 0 fully saturated rings. The van der Waals surface area contributed by atoms with E-state index in [1.54, 1.807) is 6.21 Å². The molecule has 0 heterocycles. The van der Waals surface area contributed by atoms with E-state index in [9.17, 15) is 0 Å². The first-order valence-electron chi connectivity index (χ1n) is 6.48. The normalized spacial score (nSPS) is 10.6. The number of hydrogen-bond acceptors (Lipinski definition) is 2. The topological polar surface area (TPSA) is 36.4 Å². The Labute approximate surface area is 138 Å². The fourth-order valence-corrected chi connectivity index (χ4v) is 2.39. The lowest BCUT2D eigenvalue weighted by molar-refractivity contribution is 1.05. The summed E-state index contributed by atoms with van der Waals surface area (Å²) >= 11 is 8.70. The molecule has 2 rings (SSSR count). The van der Waals surface area contributed by atoms with Gasteiger partial charge in [0, 0.05) is 15.7 Å². The third-order valence-electron chi connectivity index (χ3n) is 2.91. The molecular formula is C16H16BrN3S. The van der Waals surface area contributed by atoms with Gasteiger partial charge in [-0.25, -0.2) is 0 Å². The maximum absolute atomic E-state index is 5.23. The van der Waals surface area contributed by atoms with E-state index < -0.39 is 0 Å². The number of nitrogens with one attached hydrogen (secondary N) is 2. The van der Waals surface area contributed by atoms with Crippen LogP contribution in [0.1, 0.15) is 16.7 Å². The molecule has 0 unspecified atom stereocenters. The van der Waals surface area contributed by atoms with E-state index in [2.05, 4.69) is 44.8 Å². The first-order chi connectivity index (χ1) is 10.1. The van der Waals surface area contributed by atoms with Crippen LogP contribution >= 0.6 is 28.1 Å². The van der Waals surface area contributed by atoms with Crippen molar-refractivity contribution < 1.29 is 0 Å². The van der Waals surface area contributed by atoms with Gasteiger partial charge in [-0.3, -0.25) is 5.43 Å². The van der Waals surface area contributed by atoms with Crippen LogP contribution in [0.3, 0.4) is 0 Å². The standard InChI is InChI=1S/C16H16BrN3S/c1-11-7-8-15(12(2)9-11)19-16(21)20-18-10-13-5-3-4-6-14(13)17/h3-10H,1-2H3,(H2,19,20,21). The molecule has 108 valence electrons. The van der Waals surface area contributed by atoms with E-state index in [-0.39, 0.29) is 0 Å². The van der Waals surface area contributed by atoms with Gasteiger partial charge in [-0.2, -0.15) is 5.10 Å². The van der Waals surface area contributed by atoms with Gasteiger partial charge >= 0.3 is 0 Å². The first kappa shape index (κ1) is 15.7. The number of rotatable bonds is 3. The molecule has 2 N–H and O–H groups in total. The van der Waals surface area contributed by atoms with Crippen LogP contribution in [0.5, 0.6) is 0 Å². The predicted octanol–water partition coefficient (Wildman–Crippen LogP) is 4.39. The van der Waals surface area contributed by atoms with Gasteiger partial charge in [0.2, 0.25) is 0 Å². The zero-order valence-corrected chi connectivity index (χ0v) is 14.3. The summed E-state index contributed by atoms with van der Waals surface area (Å²) in [6.45, 7) is 4.11. The van der Waals surface area contributed by atoms with Crippen LogP contribution in [0.25, 0.3) is 0 Å². The summed E-state index contributed by atoms with van der Waals surface area (Å²) in [5.74, 6) is 0. The molecule has 0 saturated heterocycles. The van der Waals surface area contributed by atoms with Crippen LogP contribution in [0, 0.1) is 13.8 Å². The number of thiocarbonyl (C=S) groups is 1. The minimum absolute atomic E-state index is 0.463. The zero-order valence-electron chi connectivity index (χ0n) is 11.9. The molecule has 0 aliphatic heterocycles. The van der Waals surface area contributed by atoms with Crippen LogP contribution in [-0.2, 0) is 0 Å². The Morgan fingerprint density at radius 2 is 1.95 bits per heavy atom. The first-order valence-corrected chi connectivity index (χ1v) is 7.68. The summed E-state index contributed by atoms with van der Waals surface area (Å²) in [5, 5.41) is 7.73. The molecule has 0 amide bonds. The molecule has 3 nitrogen and oxygen atoms in total. The number of benzene rings is 2. The van der Waals surface area contributed by atoms with Crippen molar-refractivity contribution in [1.29, 1.82) is 0 Å². The average Bonchev–Trinajstić information content (AvgIpc) is 2.44. The van der Waals surface area contributed by atoms with Crippen molar-refractivity contribution in [3.63, 3.8) is 0 Å². The maximum Gasteiger partial charge on any atom is 0.191 e. The average molecular weight is 362 g/mol. The largest absolute Gasteiger partial charge is 0.331 e. The number of halogens is 1. The zero-order chi connectivity index (χ0) is 15.2. The molecule has 0 aliphatic rings. The highest BCUT2D eigenvalue weighted by atomic mass is 79.9. The van der Waals surface area contributed by atoms with Crippen LogP contribution < -0.4 is 10.7 Å². The van der Waals surface area contributed by atoms with Crippen LogP contribution in [0.2, 0.25) is 0 Å². The third-order valence-corrected chi connectivity index (χ3v) is 3.82. The van der Waals surface area contributed by atoms with Gasteiger partial charge in [0.25, 0.3) is 0 Å². The van der Waals surface area contributed by atoms with Gasteiger partial charge < -0.3 is 5.32 Å². The SMILES string of the molecule is Cc1ccc(NC(=S)NN=Cc2ccccc2Br)c(C)c1. The molecule has 0 atom stereocenters. The monoisotopic (exact) mass is 361 g/mol. The van der Waals surface area contributed by atoms with E-state index in [0.717, 1.165) is 21.3 Å². The highest BCUT2D eigenvalue weighted by Crippen LogP contribution is 2.16. The molecule has 2 aromatic carbocycles. The predicted molar refractivity (Wildman–Crippen MR) is 97.0 cm³/mol. The second-order valence-electron chi connectivity index (χ2n) is 4.66. The minimum Gasteiger partial charge on any atom is -0.331 e. The lowest BCUT2D eigenvalue weighted by Crippen LogP contribution is -2.24. The molecule has 2 aromatic rings. The number of hydrogen-bond donors (Lipinski definition) is 2. The van der Waals surface area contributed by atoms with E-state index in [1.807, 2.05) is 43.3 Å². The van der Waals surface area contributed by atoms with E-state index >= 15 is 0 Å². The second kappa shape index (κ2) is 7.33. The Morgan fingerprint density at radius 1 is 1.19 bits per heavy atom. The molecular weight excluding hydrogens is 346 g/mol. The molecule has 0 radical (unpaired) electrons. The lowest BCUT2D eigenvalue weighted by Gasteiger charge is -2.10. The van der Waals surface area contributed by atoms with Crippen molar-refractivity contribution in [3.05, 3.63) is 63.6 Å². The van der Waals surface area contributed by atoms with E-state index in [0.29, 0.717) is 5.11 Å². The highest BCUT2D eigenvalue weighted by molar-refractivity contribution is 9.10. The second-order valence-corrected chi connectivity index (χ2v) is 5.93. The Balaban J connectivity index is 1.95. The maximum atomic E-state index is 5.23. The van der Waals surface area contributed by atoms with Crippen LogP contribution in [-0.4, -0.2) is 11.3 Å². The summed E-state index contributed by atoms with van der Waals surface area (Å²) in [6, 6.07) is 14.0. The summed E-state index contributed by atoms with van der Waals surface area (Å²) < 4.78 is 0.990. The summed E-state index contributed by atoms with van der Waals surface area (Å²) in [6.07, 6.45) is 1.72. The van der Waals surface area contributed by atoms with Crippen molar-refractivity contribution in [3.8, 4) is 0 Å². The molecule has 0 spiro atoms. The summed E-state index contributed by atoms with van der Waals surface area (Å²) in [5.41, 5.74) is 7.16. The lowest BCUT2D eigenvalue weighted by atomic mass is 10.1. The third kappa shape index (κ3) is 4.65. The fourth-order valence-electron chi connectivity index (χ4n) is 1.84. The summed E-state index contributed by atoms with van der Waals surface area (Å²) in [4.78, 5) is 0. The quantitative estimate of drug-likeness (QED) is 0.483. The van der Waals surface area contributed by atoms with Crippen molar-refractivity contribution in [2.24, 2.45) is 5.10 Å².